The molecule has 2 fully saturated rings. The molecule has 2 unspecified atom stereocenters. The highest BCUT2D eigenvalue weighted by molar-refractivity contribution is 6.33. The number of halogens is 1. The summed E-state index contributed by atoms with van der Waals surface area (Å²) in [6.07, 6.45) is 6.79. The Hall–Kier alpha value is -0.960. The summed E-state index contributed by atoms with van der Waals surface area (Å²) in [6.45, 7) is 3.71. The van der Waals surface area contributed by atoms with Crippen molar-refractivity contribution in [3.63, 3.8) is 0 Å². The van der Waals surface area contributed by atoms with E-state index in [2.05, 4.69) is 11.9 Å². The molecule has 1 aromatic heterocycles. The summed E-state index contributed by atoms with van der Waals surface area (Å²) in [6, 6.07) is 1.81. The number of aromatic nitrogens is 1. The van der Waals surface area contributed by atoms with Gasteiger partial charge in [0.15, 0.2) is 0 Å². The molecule has 0 spiro atoms. The van der Waals surface area contributed by atoms with Gasteiger partial charge in [-0.05, 0) is 37.0 Å². The monoisotopic (exact) mass is 281 g/mol. The summed E-state index contributed by atoms with van der Waals surface area (Å²) in [7, 11) is 0. The van der Waals surface area contributed by atoms with E-state index in [1.165, 1.54) is 25.7 Å². The van der Waals surface area contributed by atoms with Gasteiger partial charge in [0.1, 0.15) is 10.8 Å². The lowest BCUT2D eigenvalue weighted by molar-refractivity contribution is 0.175. The number of hydrogen-bond acceptors (Lipinski definition) is 3. The number of ether oxygens (including phenoxy) is 2. The Morgan fingerprint density at radius 2 is 2.11 bits per heavy atom. The minimum absolute atomic E-state index is 0.509. The predicted octanol–water partition coefficient (Wildman–Crippen LogP) is 3.95. The van der Waals surface area contributed by atoms with Crippen LogP contribution in [0.5, 0.6) is 11.6 Å². The summed E-state index contributed by atoms with van der Waals surface area (Å²) in [5.41, 5.74) is 0. The van der Waals surface area contributed by atoms with Crippen LogP contribution in [0.25, 0.3) is 0 Å². The largest absolute Gasteiger partial charge is 0.491 e. The van der Waals surface area contributed by atoms with Crippen LogP contribution in [0.3, 0.4) is 0 Å². The van der Waals surface area contributed by atoms with Gasteiger partial charge in [-0.15, -0.1) is 0 Å². The fourth-order valence-corrected chi connectivity index (χ4v) is 2.53. The van der Waals surface area contributed by atoms with Crippen molar-refractivity contribution >= 4 is 11.6 Å². The molecule has 2 saturated carbocycles. The molecule has 0 amide bonds. The number of hydrogen-bond donors (Lipinski definition) is 0. The van der Waals surface area contributed by atoms with E-state index in [4.69, 9.17) is 21.1 Å². The molecule has 2 aliphatic carbocycles. The third-order valence-corrected chi connectivity index (χ3v) is 4.58. The van der Waals surface area contributed by atoms with Gasteiger partial charge in [-0.1, -0.05) is 24.9 Å². The van der Waals surface area contributed by atoms with Crippen molar-refractivity contribution in [3.05, 3.63) is 17.3 Å². The fourth-order valence-electron chi connectivity index (χ4n) is 2.30. The number of pyridine rings is 1. The van der Waals surface area contributed by atoms with Crippen LogP contribution in [0.1, 0.15) is 32.6 Å². The van der Waals surface area contributed by atoms with E-state index in [9.17, 15) is 0 Å². The quantitative estimate of drug-likeness (QED) is 0.791. The topological polar surface area (TPSA) is 31.4 Å². The van der Waals surface area contributed by atoms with Gasteiger partial charge in [-0.2, -0.15) is 0 Å². The van der Waals surface area contributed by atoms with E-state index < -0.39 is 0 Å². The first-order valence-corrected chi connectivity index (χ1v) is 7.52. The van der Waals surface area contributed by atoms with Crippen LogP contribution in [-0.4, -0.2) is 18.2 Å². The third kappa shape index (κ3) is 3.14. The van der Waals surface area contributed by atoms with Crippen LogP contribution < -0.4 is 9.47 Å². The predicted molar refractivity (Wildman–Crippen MR) is 74.8 cm³/mol. The molecule has 2 atom stereocenters. The van der Waals surface area contributed by atoms with Crippen LogP contribution in [0.15, 0.2) is 12.3 Å². The zero-order valence-corrected chi connectivity index (χ0v) is 12.0. The second-order valence-corrected chi connectivity index (χ2v) is 6.20. The average molecular weight is 282 g/mol. The molecule has 4 heteroatoms. The number of nitrogens with zero attached hydrogens (tertiary/aromatic N) is 1. The third-order valence-electron chi connectivity index (χ3n) is 4.23. The first-order chi connectivity index (χ1) is 9.24. The van der Waals surface area contributed by atoms with Crippen molar-refractivity contribution in [2.45, 2.75) is 32.6 Å². The molecule has 2 aliphatic rings. The molecule has 104 valence electrons. The highest BCUT2D eigenvalue weighted by Crippen LogP contribution is 2.39. The van der Waals surface area contributed by atoms with Crippen molar-refractivity contribution in [2.24, 2.45) is 17.8 Å². The summed E-state index contributed by atoms with van der Waals surface area (Å²) in [5, 5.41) is 0.509. The molecule has 0 aliphatic heterocycles. The van der Waals surface area contributed by atoms with Crippen molar-refractivity contribution in [1.29, 1.82) is 0 Å². The lowest BCUT2D eigenvalue weighted by Gasteiger charge is -2.25. The fraction of sp³-hybridized carbons (Fsp3) is 0.667. The molecule has 1 heterocycles. The van der Waals surface area contributed by atoms with Gasteiger partial charge in [0.2, 0.25) is 5.88 Å². The summed E-state index contributed by atoms with van der Waals surface area (Å²) in [4.78, 5) is 4.19. The minimum Gasteiger partial charge on any atom is -0.491 e. The Morgan fingerprint density at radius 1 is 1.32 bits per heavy atom. The molecule has 1 aromatic rings. The van der Waals surface area contributed by atoms with Gasteiger partial charge in [-0.25, -0.2) is 4.98 Å². The second kappa shape index (κ2) is 5.58. The molecule has 0 N–H and O–H groups in total. The Labute approximate surface area is 119 Å². The Balaban J connectivity index is 1.57. The molecule has 3 nitrogen and oxygen atoms in total. The maximum atomic E-state index is 6.28. The van der Waals surface area contributed by atoms with Crippen LogP contribution in [-0.2, 0) is 0 Å². The Kier molecular flexibility index (Phi) is 3.83. The minimum atomic E-state index is 0.509. The highest BCUT2D eigenvalue weighted by atomic mass is 35.5. The number of rotatable bonds is 6. The lowest BCUT2D eigenvalue weighted by Crippen LogP contribution is -2.19. The highest BCUT2D eigenvalue weighted by Gasteiger charge is 2.33. The summed E-state index contributed by atoms with van der Waals surface area (Å²) in [5.74, 6) is 3.35. The van der Waals surface area contributed by atoms with Crippen molar-refractivity contribution < 1.29 is 9.47 Å². The molecular formula is C15H20ClNO2. The Morgan fingerprint density at radius 3 is 2.74 bits per heavy atom. The van der Waals surface area contributed by atoms with Crippen molar-refractivity contribution in [1.82, 2.24) is 4.98 Å². The molecule has 0 bridgehead atoms. The van der Waals surface area contributed by atoms with Crippen molar-refractivity contribution in [3.8, 4) is 11.6 Å². The smallest absolute Gasteiger partial charge is 0.236 e. The first-order valence-electron chi connectivity index (χ1n) is 7.14. The average Bonchev–Trinajstić information content (AvgIpc) is 3.04. The van der Waals surface area contributed by atoms with E-state index >= 15 is 0 Å². The first kappa shape index (κ1) is 13.0. The van der Waals surface area contributed by atoms with Crippen LogP contribution in [0.4, 0.5) is 0 Å². The SMILES string of the molecule is CC1CC1COc1ccnc(OCC2CCC2)c1Cl. The van der Waals surface area contributed by atoms with Gasteiger partial charge in [0.05, 0.1) is 13.2 Å². The zero-order valence-electron chi connectivity index (χ0n) is 11.3. The Bertz CT molecular complexity index is 421. The molecule has 3 rings (SSSR count). The molecule has 0 aromatic carbocycles. The second-order valence-electron chi connectivity index (χ2n) is 5.82. The van der Waals surface area contributed by atoms with E-state index in [1.54, 1.807) is 6.20 Å². The molecule has 0 saturated heterocycles. The van der Waals surface area contributed by atoms with Gasteiger partial charge in [0, 0.05) is 12.3 Å². The summed E-state index contributed by atoms with van der Waals surface area (Å²) < 4.78 is 11.5. The maximum Gasteiger partial charge on any atom is 0.236 e. The van der Waals surface area contributed by atoms with Gasteiger partial charge >= 0.3 is 0 Å². The van der Waals surface area contributed by atoms with Crippen LogP contribution in [0, 0.1) is 17.8 Å². The maximum absolute atomic E-state index is 6.28. The van der Waals surface area contributed by atoms with Gasteiger partial charge in [0.25, 0.3) is 0 Å². The molecular weight excluding hydrogens is 262 g/mol. The lowest BCUT2D eigenvalue weighted by atomic mass is 9.86. The van der Waals surface area contributed by atoms with Gasteiger partial charge in [-0.3, -0.25) is 0 Å². The molecule has 19 heavy (non-hydrogen) atoms. The van der Waals surface area contributed by atoms with E-state index in [0.29, 0.717) is 28.5 Å². The van der Waals surface area contributed by atoms with Gasteiger partial charge < -0.3 is 9.47 Å². The standard InChI is InChI=1S/C15H20ClNO2/c1-10-7-12(10)9-18-13-5-6-17-15(14(13)16)19-8-11-3-2-4-11/h5-6,10-12H,2-4,7-9H2,1H3. The molecule has 0 radical (unpaired) electrons. The normalized spacial score (nSPS) is 25.8. The van der Waals surface area contributed by atoms with E-state index in [1.807, 2.05) is 6.07 Å². The van der Waals surface area contributed by atoms with E-state index in [-0.39, 0.29) is 0 Å². The summed E-state index contributed by atoms with van der Waals surface area (Å²) >= 11 is 6.28. The van der Waals surface area contributed by atoms with Crippen LogP contribution in [0.2, 0.25) is 5.02 Å². The van der Waals surface area contributed by atoms with Crippen molar-refractivity contribution in [2.75, 3.05) is 13.2 Å². The van der Waals surface area contributed by atoms with E-state index in [0.717, 1.165) is 19.1 Å². The van der Waals surface area contributed by atoms with Crippen LogP contribution >= 0.6 is 11.6 Å². The zero-order chi connectivity index (χ0) is 13.2.